The molecule has 0 unspecified atom stereocenters. The normalized spacial score (nSPS) is 15.2. The third-order valence-electron chi connectivity index (χ3n) is 3.32. The highest BCUT2D eigenvalue weighted by atomic mass is 32.2. The van der Waals surface area contributed by atoms with E-state index in [0.29, 0.717) is 12.1 Å². The van der Waals surface area contributed by atoms with E-state index in [0.717, 1.165) is 25.1 Å². The minimum absolute atomic E-state index is 0.134. The van der Waals surface area contributed by atoms with Crippen LogP contribution in [0.4, 0.5) is 0 Å². The van der Waals surface area contributed by atoms with Gasteiger partial charge in [-0.2, -0.15) is 0 Å². The van der Waals surface area contributed by atoms with Crippen molar-refractivity contribution >= 4 is 16.0 Å². The Kier molecular flexibility index (Phi) is 5.70. The molecule has 0 amide bonds. The van der Waals surface area contributed by atoms with E-state index in [-0.39, 0.29) is 11.5 Å². The summed E-state index contributed by atoms with van der Waals surface area (Å²) in [5.74, 6) is -0.459. The summed E-state index contributed by atoms with van der Waals surface area (Å²) < 4.78 is 31.9. The van der Waals surface area contributed by atoms with Gasteiger partial charge in [-0.25, -0.2) is 17.9 Å². The van der Waals surface area contributed by atoms with E-state index in [1.54, 1.807) is 6.92 Å². The lowest BCUT2D eigenvalue weighted by Gasteiger charge is -2.14. The van der Waals surface area contributed by atoms with Gasteiger partial charge in [-0.1, -0.05) is 11.6 Å². The molecule has 0 aromatic heterocycles. The molecule has 6 nitrogen and oxygen atoms in total. The van der Waals surface area contributed by atoms with Crippen molar-refractivity contribution in [2.45, 2.75) is 18.2 Å². The Labute approximate surface area is 130 Å². The number of esters is 1. The van der Waals surface area contributed by atoms with Gasteiger partial charge in [0, 0.05) is 13.1 Å². The molecule has 1 aromatic carbocycles. The number of hydrogen-bond acceptors (Lipinski definition) is 5. The Morgan fingerprint density at radius 1 is 1.32 bits per heavy atom. The van der Waals surface area contributed by atoms with E-state index in [1.807, 2.05) is 6.08 Å². The first-order chi connectivity index (χ1) is 10.5. The maximum atomic E-state index is 12.2. The Balaban J connectivity index is 2.02. The highest BCUT2D eigenvalue weighted by Crippen LogP contribution is 2.12. The average Bonchev–Trinajstić information content (AvgIpc) is 2.54. The molecule has 0 saturated carbocycles. The molecule has 0 fully saturated rings. The van der Waals surface area contributed by atoms with Crippen molar-refractivity contribution in [3.05, 3.63) is 41.5 Å². The molecular weight excluding hydrogens is 304 g/mol. The summed E-state index contributed by atoms with van der Waals surface area (Å²) in [4.78, 5) is 11.7. The van der Waals surface area contributed by atoms with Gasteiger partial charge in [-0.15, -0.1) is 0 Å². The Morgan fingerprint density at radius 2 is 2.05 bits per heavy atom. The molecule has 1 heterocycles. The van der Waals surface area contributed by atoms with Crippen LogP contribution in [0.3, 0.4) is 0 Å². The first kappa shape index (κ1) is 16.7. The molecule has 0 atom stereocenters. The van der Waals surface area contributed by atoms with E-state index in [1.165, 1.54) is 24.3 Å². The summed E-state index contributed by atoms with van der Waals surface area (Å²) in [6.45, 7) is 3.94. The molecule has 0 bridgehead atoms. The van der Waals surface area contributed by atoms with Gasteiger partial charge in [0.25, 0.3) is 0 Å². The molecule has 7 heteroatoms. The lowest BCUT2D eigenvalue weighted by molar-refractivity contribution is 0.0526. The van der Waals surface area contributed by atoms with Crippen LogP contribution < -0.4 is 10.0 Å². The maximum absolute atomic E-state index is 12.2. The van der Waals surface area contributed by atoms with Crippen molar-refractivity contribution in [2.75, 3.05) is 26.2 Å². The van der Waals surface area contributed by atoms with Gasteiger partial charge in [-0.05, 0) is 44.2 Å². The van der Waals surface area contributed by atoms with Gasteiger partial charge >= 0.3 is 5.97 Å². The van der Waals surface area contributed by atoms with E-state index in [9.17, 15) is 13.2 Å². The van der Waals surface area contributed by atoms with Crippen LogP contribution in [-0.2, 0) is 14.8 Å². The molecule has 1 aliphatic heterocycles. The SMILES string of the molecule is CCOC(=O)c1ccc(S(=O)(=O)NCC2=CCNCC2)cc1. The maximum Gasteiger partial charge on any atom is 0.338 e. The predicted molar refractivity (Wildman–Crippen MR) is 83.2 cm³/mol. The van der Waals surface area contributed by atoms with Crippen LogP contribution in [0, 0.1) is 0 Å². The molecule has 0 radical (unpaired) electrons. The zero-order valence-electron chi connectivity index (χ0n) is 12.5. The lowest BCUT2D eigenvalue weighted by atomic mass is 10.1. The second-order valence-electron chi connectivity index (χ2n) is 4.89. The summed E-state index contributed by atoms with van der Waals surface area (Å²) in [6, 6.07) is 5.73. The average molecular weight is 324 g/mol. The highest BCUT2D eigenvalue weighted by Gasteiger charge is 2.16. The second kappa shape index (κ2) is 7.53. The fourth-order valence-electron chi connectivity index (χ4n) is 2.09. The molecule has 120 valence electrons. The molecular formula is C15H20N2O4S. The third-order valence-corrected chi connectivity index (χ3v) is 4.74. The van der Waals surface area contributed by atoms with E-state index < -0.39 is 16.0 Å². The Hall–Kier alpha value is -1.70. The predicted octanol–water partition coefficient (Wildman–Crippen LogP) is 1.06. The number of carbonyl (C=O) groups excluding carboxylic acids is 1. The van der Waals surface area contributed by atoms with Crippen LogP contribution in [0.2, 0.25) is 0 Å². The topological polar surface area (TPSA) is 84.5 Å². The summed E-state index contributed by atoms with van der Waals surface area (Å²) >= 11 is 0. The summed E-state index contributed by atoms with van der Waals surface area (Å²) in [7, 11) is -3.58. The standard InChI is InChI=1S/C15H20N2O4S/c1-2-21-15(18)13-3-5-14(6-4-13)22(19,20)17-11-12-7-9-16-10-8-12/h3-7,16-17H,2,8-11H2,1H3. The van der Waals surface area contributed by atoms with Gasteiger partial charge < -0.3 is 10.1 Å². The van der Waals surface area contributed by atoms with Crippen molar-refractivity contribution in [1.29, 1.82) is 0 Å². The van der Waals surface area contributed by atoms with Crippen LogP contribution in [-0.4, -0.2) is 40.6 Å². The van der Waals surface area contributed by atoms with Crippen LogP contribution in [0.25, 0.3) is 0 Å². The number of rotatable bonds is 6. The number of benzene rings is 1. The van der Waals surface area contributed by atoms with Gasteiger partial charge in [0.15, 0.2) is 0 Å². The van der Waals surface area contributed by atoms with Crippen molar-refractivity contribution in [3.63, 3.8) is 0 Å². The van der Waals surface area contributed by atoms with E-state index in [4.69, 9.17) is 4.74 Å². The molecule has 1 aromatic rings. The van der Waals surface area contributed by atoms with Crippen LogP contribution in [0.1, 0.15) is 23.7 Å². The van der Waals surface area contributed by atoms with Crippen molar-refractivity contribution in [3.8, 4) is 0 Å². The van der Waals surface area contributed by atoms with Crippen molar-refractivity contribution in [1.82, 2.24) is 10.0 Å². The van der Waals surface area contributed by atoms with E-state index in [2.05, 4.69) is 10.0 Å². The van der Waals surface area contributed by atoms with Crippen molar-refractivity contribution < 1.29 is 17.9 Å². The van der Waals surface area contributed by atoms with Crippen LogP contribution in [0.5, 0.6) is 0 Å². The summed E-state index contributed by atoms with van der Waals surface area (Å²) in [5.41, 5.74) is 1.41. The first-order valence-corrected chi connectivity index (χ1v) is 8.66. The summed E-state index contributed by atoms with van der Waals surface area (Å²) in [5, 5.41) is 3.17. The van der Waals surface area contributed by atoms with Crippen LogP contribution >= 0.6 is 0 Å². The monoisotopic (exact) mass is 324 g/mol. The molecule has 22 heavy (non-hydrogen) atoms. The molecule has 2 N–H and O–H groups in total. The van der Waals surface area contributed by atoms with Crippen molar-refractivity contribution in [2.24, 2.45) is 0 Å². The highest BCUT2D eigenvalue weighted by molar-refractivity contribution is 7.89. The van der Waals surface area contributed by atoms with Gasteiger partial charge in [0.2, 0.25) is 10.0 Å². The number of ether oxygens (including phenoxy) is 1. The molecule has 1 aliphatic rings. The summed E-state index contributed by atoms with van der Waals surface area (Å²) in [6.07, 6.45) is 2.83. The fourth-order valence-corrected chi connectivity index (χ4v) is 3.12. The largest absolute Gasteiger partial charge is 0.462 e. The Morgan fingerprint density at radius 3 is 2.64 bits per heavy atom. The number of carbonyl (C=O) groups is 1. The van der Waals surface area contributed by atoms with Gasteiger partial charge in [-0.3, -0.25) is 0 Å². The quantitative estimate of drug-likeness (QED) is 0.604. The zero-order chi connectivity index (χ0) is 16.0. The number of nitrogens with one attached hydrogen (secondary N) is 2. The first-order valence-electron chi connectivity index (χ1n) is 7.18. The molecule has 0 aliphatic carbocycles. The molecule has 0 saturated heterocycles. The van der Waals surface area contributed by atoms with Gasteiger partial charge in [0.1, 0.15) is 0 Å². The third kappa shape index (κ3) is 4.40. The smallest absolute Gasteiger partial charge is 0.338 e. The lowest BCUT2D eigenvalue weighted by Crippen LogP contribution is -2.29. The second-order valence-corrected chi connectivity index (χ2v) is 6.65. The minimum atomic E-state index is -3.58. The molecule has 2 rings (SSSR count). The zero-order valence-corrected chi connectivity index (χ0v) is 13.3. The Bertz CT molecular complexity index is 651. The van der Waals surface area contributed by atoms with Gasteiger partial charge in [0.05, 0.1) is 17.1 Å². The fraction of sp³-hybridized carbons (Fsp3) is 0.400. The van der Waals surface area contributed by atoms with E-state index >= 15 is 0 Å². The molecule has 0 spiro atoms. The number of sulfonamides is 1. The number of hydrogen-bond donors (Lipinski definition) is 2. The minimum Gasteiger partial charge on any atom is -0.462 e. The van der Waals surface area contributed by atoms with Crippen LogP contribution in [0.15, 0.2) is 40.8 Å².